The number of hydrogen-bond donors (Lipinski definition) is 0. The van der Waals surface area contributed by atoms with Crippen molar-refractivity contribution in [2.45, 2.75) is 135 Å². The molecule has 4 fully saturated rings. The number of carbonyl (C=O) groups is 2. The minimum Gasteiger partial charge on any atom is -0.462 e. The zero-order valence-electron chi connectivity index (χ0n) is 20.9. The molecule has 0 aromatic heterocycles. The molecule has 0 N–H and O–H groups in total. The average Bonchev–Trinajstić information content (AvgIpc) is 3.55. The second kappa shape index (κ2) is 10.9. The Labute approximate surface area is 194 Å². The van der Waals surface area contributed by atoms with Gasteiger partial charge >= 0.3 is 11.9 Å². The second-order valence-electron chi connectivity index (χ2n) is 9.79. The molecule has 4 rings (SSSR count). The van der Waals surface area contributed by atoms with Crippen LogP contribution in [0.4, 0.5) is 0 Å². The molecule has 0 amide bonds. The van der Waals surface area contributed by atoms with Gasteiger partial charge in [0.25, 0.3) is 0 Å². The minimum absolute atomic E-state index is 0.00901. The van der Waals surface area contributed by atoms with E-state index in [9.17, 15) is 9.59 Å². The highest BCUT2D eigenvalue weighted by molar-refractivity contribution is 5.72. The second-order valence-corrected chi connectivity index (χ2v) is 9.79. The summed E-state index contributed by atoms with van der Waals surface area (Å²) in [5, 5.41) is 0. The van der Waals surface area contributed by atoms with Gasteiger partial charge in [-0.3, -0.25) is 9.59 Å². The maximum Gasteiger partial charge on any atom is 0.310 e. The number of esters is 2. The van der Waals surface area contributed by atoms with E-state index < -0.39 is 6.10 Å². The number of hydrogen-bond acceptors (Lipinski definition) is 6. The Morgan fingerprint density at radius 3 is 2.19 bits per heavy atom. The van der Waals surface area contributed by atoms with Gasteiger partial charge in [0.05, 0.1) is 30.8 Å². The molecule has 1 saturated carbocycles. The number of carbonyl (C=O) groups excluding carboxylic acids is 2. The first kappa shape index (κ1) is 25.5. The Balaban J connectivity index is 0.00000141. The van der Waals surface area contributed by atoms with Crippen molar-refractivity contribution in [1.82, 2.24) is 0 Å². The molecule has 6 nitrogen and oxygen atoms in total. The molecule has 8 unspecified atom stereocenters. The SMILES string of the molecule is CC.CCC1OC(CC)C2C3OC(CC3C(CC(=O)OC3(CC)CCCC3)OC(C)=O)C12. The Morgan fingerprint density at radius 2 is 1.62 bits per heavy atom. The Hall–Kier alpha value is -1.14. The quantitative estimate of drug-likeness (QED) is 0.471. The van der Waals surface area contributed by atoms with E-state index >= 15 is 0 Å². The van der Waals surface area contributed by atoms with Gasteiger partial charge in [-0.15, -0.1) is 0 Å². The van der Waals surface area contributed by atoms with E-state index in [2.05, 4.69) is 20.8 Å². The number of fused-ring (bicyclic) bond motifs is 5. The molecule has 3 saturated heterocycles. The molecule has 32 heavy (non-hydrogen) atoms. The zero-order valence-corrected chi connectivity index (χ0v) is 20.9. The van der Waals surface area contributed by atoms with E-state index in [1.165, 1.54) is 6.92 Å². The molecule has 2 bridgehead atoms. The molecule has 0 radical (unpaired) electrons. The lowest BCUT2D eigenvalue weighted by atomic mass is 9.69. The van der Waals surface area contributed by atoms with Crippen LogP contribution in [0, 0.1) is 17.8 Å². The first-order chi connectivity index (χ1) is 15.4. The van der Waals surface area contributed by atoms with Gasteiger partial charge in [0.2, 0.25) is 0 Å². The van der Waals surface area contributed by atoms with Gasteiger partial charge in [0.15, 0.2) is 0 Å². The van der Waals surface area contributed by atoms with Crippen LogP contribution in [-0.2, 0) is 28.5 Å². The van der Waals surface area contributed by atoms with E-state index in [0.29, 0.717) is 11.8 Å². The van der Waals surface area contributed by atoms with Crippen molar-refractivity contribution in [3.63, 3.8) is 0 Å². The van der Waals surface area contributed by atoms with Crippen LogP contribution >= 0.6 is 0 Å². The molecule has 3 aliphatic heterocycles. The van der Waals surface area contributed by atoms with Gasteiger partial charge in [0.1, 0.15) is 11.7 Å². The summed E-state index contributed by atoms with van der Waals surface area (Å²) in [5.41, 5.74) is -0.324. The predicted molar refractivity (Wildman–Crippen MR) is 122 cm³/mol. The number of rotatable bonds is 8. The molecular formula is C26H44O6. The molecule has 4 aliphatic rings. The van der Waals surface area contributed by atoms with Crippen molar-refractivity contribution < 1.29 is 28.5 Å². The molecule has 6 heteroatoms. The average molecular weight is 453 g/mol. The molecule has 3 heterocycles. The van der Waals surface area contributed by atoms with E-state index in [-0.39, 0.29) is 54.3 Å². The fourth-order valence-corrected chi connectivity index (χ4v) is 6.79. The van der Waals surface area contributed by atoms with E-state index in [1.807, 2.05) is 13.8 Å². The summed E-state index contributed by atoms with van der Waals surface area (Å²) < 4.78 is 24.4. The smallest absolute Gasteiger partial charge is 0.310 e. The summed E-state index contributed by atoms with van der Waals surface area (Å²) in [6.07, 6.45) is 7.88. The van der Waals surface area contributed by atoms with E-state index in [1.54, 1.807) is 0 Å². The van der Waals surface area contributed by atoms with Crippen LogP contribution < -0.4 is 0 Å². The predicted octanol–water partition coefficient (Wildman–Crippen LogP) is 5.21. The highest BCUT2D eigenvalue weighted by Gasteiger charge is 2.63. The molecule has 8 atom stereocenters. The fraction of sp³-hybridized carbons (Fsp3) is 0.923. The van der Waals surface area contributed by atoms with Crippen molar-refractivity contribution in [3.05, 3.63) is 0 Å². The first-order valence-corrected chi connectivity index (χ1v) is 13.1. The monoisotopic (exact) mass is 452 g/mol. The Bertz CT molecular complexity index is 642. The molecule has 0 spiro atoms. The van der Waals surface area contributed by atoms with Gasteiger partial charge in [-0.25, -0.2) is 0 Å². The Morgan fingerprint density at radius 1 is 1.00 bits per heavy atom. The van der Waals surface area contributed by atoms with Crippen LogP contribution in [-0.4, -0.2) is 48.1 Å². The van der Waals surface area contributed by atoms with Crippen molar-refractivity contribution >= 4 is 11.9 Å². The van der Waals surface area contributed by atoms with Gasteiger partial charge in [0, 0.05) is 24.7 Å². The van der Waals surface area contributed by atoms with Crippen LogP contribution in [0.1, 0.15) is 99.3 Å². The molecule has 184 valence electrons. The fourth-order valence-electron chi connectivity index (χ4n) is 6.79. The van der Waals surface area contributed by atoms with Crippen LogP contribution in [0.3, 0.4) is 0 Å². The van der Waals surface area contributed by atoms with E-state index in [0.717, 1.165) is 51.4 Å². The van der Waals surface area contributed by atoms with Crippen molar-refractivity contribution in [2.75, 3.05) is 0 Å². The topological polar surface area (TPSA) is 71.1 Å². The normalized spacial score (nSPS) is 37.4. The van der Waals surface area contributed by atoms with Gasteiger partial charge in [-0.1, -0.05) is 34.6 Å². The van der Waals surface area contributed by atoms with Gasteiger partial charge < -0.3 is 18.9 Å². The minimum atomic E-state index is -0.487. The Kier molecular flexibility index (Phi) is 8.65. The van der Waals surface area contributed by atoms with Crippen molar-refractivity contribution in [2.24, 2.45) is 17.8 Å². The van der Waals surface area contributed by atoms with Crippen molar-refractivity contribution in [3.8, 4) is 0 Å². The third-order valence-electron chi connectivity index (χ3n) is 8.18. The lowest BCUT2D eigenvalue weighted by Crippen LogP contribution is -2.44. The zero-order chi connectivity index (χ0) is 23.5. The van der Waals surface area contributed by atoms with Crippen LogP contribution in [0.25, 0.3) is 0 Å². The largest absolute Gasteiger partial charge is 0.462 e. The molecule has 1 aliphatic carbocycles. The van der Waals surface area contributed by atoms with Gasteiger partial charge in [-0.05, 0) is 51.4 Å². The highest BCUT2D eigenvalue weighted by atomic mass is 16.6. The summed E-state index contributed by atoms with van der Waals surface area (Å²) in [5.74, 6) is 0.189. The lowest BCUT2D eigenvalue weighted by Gasteiger charge is -2.35. The molecular weight excluding hydrogens is 408 g/mol. The summed E-state index contributed by atoms with van der Waals surface area (Å²) in [6.45, 7) is 11.8. The van der Waals surface area contributed by atoms with Crippen molar-refractivity contribution in [1.29, 1.82) is 0 Å². The maximum absolute atomic E-state index is 12.9. The summed E-state index contributed by atoms with van der Waals surface area (Å²) in [7, 11) is 0. The number of ether oxygens (including phenoxy) is 4. The van der Waals surface area contributed by atoms with E-state index in [4.69, 9.17) is 18.9 Å². The molecule has 0 aromatic rings. The highest BCUT2D eigenvalue weighted by Crippen LogP contribution is 2.56. The standard InChI is InChI=1S/C24H38O6.C2H6/c1-5-16-21-19-12-15(23(29-19)22(21)17(6-2)28-16)18(27-14(4)25)13-20(26)30-24(7-3)10-8-9-11-24;1-2/h15-19,21-23H,5-13H2,1-4H3;1-2H3. The van der Waals surface area contributed by atoms with Crippen LogP contribution in [0.15, 0.2) is 0 Å². The lowest BCUT2D eigenvalue weighted by molar-refractivity contribution is -0.167. The summed E-state index contributed by atoms with van der Waals surface area (Å²) in [6, 6.07) is 0. The summed E-state index contributed by atoms with van der Waals surface area (Å²) in [4.78, 5) is 24.8. The summed E-state index contributed by atoms with van der Waals surface area (Å²) >= 11 is 0. The van der Waals surface area contributed by atoms with Gasteiger partial charge in [-0.2, -0.15) is 0 Å². The van der Waals surface area contributed by atoms with Crippen LogP contribution in [0.2, 0.25) is 0 Å². The first-order valence-electron chi connectivity index (χ1n) is 13.1. The third-order valence-corrected chi connectivity index (χ3v) is 8.18. The van der Waals surface area contributed by atoms with Crippen LogP contribution in [0.5, 0.6) is 0 Å². The maximum atomic E-state index is 12.9. The molecule has 0 aromatic carbocycles. The third kappa shape index (κ3) is 4.86.